The van der Waals surface area contributed by atoms with Crippen LogP contribution in [0.4, 0.5) is 0 Å². The van der Waals surface area contributed by atoms with Gasteiger partial charge in [-0.3, -0.25) is 14.6 Å². The van der Waals surface area contributed by atoms with Crippen molar-refractivity contribution in [1.29, 1.82) is 0 Å². The van der Waals surface area contributed by atoms with Crippen LogP contribution in [0.5, 0.6) is 0 Å². The number of amides is 1. The summed E-state index contributed by atoms with van der Waals surface area (Å²) < 4.78 is 0. The minimum absolute atomic E-state index is 0.0105. The Kier molecular flexibility index (Phi) is 4.00. The number of fused-ring (bicyclic) bond motifs is 1. The predicted octanol–water partition coefficient (Wildman–Crippen LogP) is 2.00. The number of benzene rings is 1. The van der Waals surface area contributed by atoms with Gasteiger partial charge in [0.05, 0.1) is 23.1 Å². The van der Waals surface area contributed by atoms with E-state index in [1.54, 1.807) is 0 Å². The van der Waals surface area contributed by atoms with Crippen molar-refractivity contribution in [3.8, 4) is 0 Å². The third-order valence-corrected chi connectivity index (χ3v) is 4.09. The third-order valence-electron chi connectivity index (χ3n) is 4.09. The first-order valence-corrected chi connectivity index (χ1v) is 7.39. The molecule has 0 spiro atoms. The highest BCUT2D eigenvalue weighted by Gasteiger charge is 2.27. The van der Waals surface area contributed by atoms with Gasteiger partial charge in [0.15, 0.2) is 0 Å². The standard InChI is InChI=1S/C16H17N3O3/c20-15(18-11-7-5-10(6-8-11)16(21)22)14-9-17-12-3-1-2-4-13(12)19-14/h1-4,9-11H,5-8H2,(H,18,20)(H,21,22). The normalized spacial score (nSPS) is 21.5. The molecule has 3 rings (SSSR count). The highest BCUT2D eigenvalue weighted by molar-refractivity contribution is 5.93. The molecule has 1 fully saturated rings. The second kappa shape index (κ2) is 6.09. The Labute approximate surface area is 127 Å². The molecule has 0 radical (unpaired) electrons. The number of carbonyl (C=O) groups is 2. The Hall–Kier alpha value is -2.50. The van der Waals surface area contributed by atoms with Crippen molar-refractivity contribution in [2.45, 2.75) is 31.7 Å². The molecule has 1 saturated carbocycles. The highest BCUT2D eigenvalue weighted by atomic mass is 16.4. The Bertz CT molecular complexity index is 709. The number of nitrogens with zero attached hydrogens (tertiary/aromatic N) is 2. The topological polar surface area (TPSA) is 92.2 Å². The lowest BCUT2D eigenvalue weighted by Crippen LogP contribution is -2.39. The molecule has 1 heterocycles. The van der Waals surface area contributed by atoms with Crippen LogP contribution in [0.15, 0.2) is 30.5 Å². The van der Waals surface area contributed by atoms with Crippen LogP contribution in [0, 0.1) is 5.92 Å². The van der Waals surface area contributed by atoms with Crippen LogP contribution in [0.1, 0.15) is 36.2 Å². The summed E-state index contributed by atoms with van der Waals surface area (Å²) in [5.74, 6) is -1.28. The molecule has 0 bridgehead atoms. The monoisotopic (exact) mass is 299 g/mol. The molecule has 1 aliphatic rings. The molecule has 2 aromatic rings. The molecule has 1 aromatic carbocycles. The smallest absolute Gasteiger partial charge is 0.306 e. The van der Waals surface area contributed by atoms with Crippen molar-refractivity contribution in [2.75, 3.05) is 0 Å². The van der Waals surface area contributed by atoms with Gasteiger partial charge in [0, 0.05) is 6.04 Å². The van der Waals surface area contributed by atoms with Crippen molar-refractivity contribution in [1.82, 2.24) is 15.3 Å². The Balaban J connectivity index is 1.65. The van der Waals surface area contributed by atoms with Gasteiger partial charge in [0.25, 0.3) is 5.91 Å². The summed E-state index contributed by atoms with van der Waals surface area (Å²) in [4.78, 5) is 31.7. The first-order valence-electron chi connectivity index (χ1n) is 7.39. The molecule has 0 saturated heterocycles. The second-order valence-corrected chi connectivity index (χ2v) is 5.60. The van der Waals surface area contributed by atoms with Gasteiger partial charge in [-0.25, -0.2) is 4.98 Å². The van der Waals surface area contributed by atoms with Gasteiger partial charge in [0.2, 0.25) is 0 Å². The third kappa shape index (κ3) is 3.05. The first-order chi connectivity index (χ1) is 10.6. The molecule has 0 aliphatic heterocycles. The van der Waals surface area contributed by atoms with Crippen LogP contribution in [0.3, 0.4) is 0 Å². The van der Waals surface area contributed by atoms with E-state index in [1.165, 1.54) is 6.20 Å². The Morgan fingerprint density at radius 3 is 2.45 bits per heavy atom. The van der Waals surface area contributed by atoms with Crippen molar-refractivity contribution in [2.24, 2.45) is 5.92 Å². The van der Waals surface area contributed by atoms with Crippen molar-refractivity contribution in [3.63, 3.8) is 0 Å². The molecule has 114 valence electrons. The maximum Gasteiger partial charge on any atom is 0.306 e. The van der Waals surface area contributed by atoms with Crippen molar-refractivity contribution in [3.05, 3.63) is 36.2 Å². The van der Waals surface area contributed by atoms with Crippen LogP contribution < -0.4 is 5.32 Å². The van der Waals surface area contributed by atoms with E-state index in [-0.39, 0.29) is 17.9 Å². The number of nitrogens with one attached hydrogen (secondary N) is 1. The van der Waals surface area contributed by atoms with Gasteiger partial charge in [-0.1, -0.05) is 12.1 Å². The average Bonchev–Trinajstić information content (AvgIpc) is 2.55. The molecule has 0 unspecified atom stereocenters. The maximum atomic E-state index is 12.2. The van der Waals surface area contributed by atoms with Crippen molar-refractivity contribution < 1.29 is 14.7 Å². The van der Waals surface area contributed by atoms with Gasteiger partial charge in [-0.2, -0.15) is 0 Å². The lowest BCUT2D eigenvalue weighted by atomic mass is 9.86. The van der Waals surface area contributed by atoms with E-state index in [0.29, 0.717) is 36.9 Å². The summed E-state index contributed by atoms with van der Waals surface area (Å²) in [6.45, 7) is 0. The zero-order valence-electron chi connectivity index (χ0n) is 12.0. The van der Waals surface area contributed by atoms with Crippen LogP contribution in [0.2, 0.25) is 0 Å². The van der Waals surface area contributed by atoms with Crippen LogP contribution in [0.25, 0.3) is 11.0 Å². The Morgan fingerprint density at radius 2 is 1.77 bits per heavy atom. The van der Waals surface area contributed by atoms with Crippen molar-refractivity contribution >= 4 is 22.9 Å². The number of para-hydroxylation sites is 2. The van der Waals surface area contributed by atoms with Gasteiger partial charge < -0.3 is 10.4 Å². The SMILES string of the molecule is O=C(NC1CCC(C(=O)O)CC1)c1cnc2ccccc2n1. The number of aliphatic carboxylic acids is 1. The van der Waals surface area contributed by atoms with Gasteiger partial charge in [0.1, 0.15) is 5.69 Å². The molecule has 1 amide bonds. The van der Waals surface area contributed by atoms with E-state index in [1.807, 2.05) is 24.3 Å². The minimum Gasteiger partial charge on any atom is -0.481 e. The molecule has 1 aromatic heterocycles. The quantitative estimate of drug-likeness (QED) is 0.904. The number of carbonyl (C=O) groups excluding carboxylic acids is 1. The lowest BCUT2D eigenvalue weighted by molar-refractivity contribution is -0.142. The molecule has 6 heteroatoms. The van der Waals surface area contributed by atoms with E-state index in [0.717, 1.165) is 5.52 Å². The second-order valence-electron chi connectivity index (χ2n) is 5.60. The maximum absolute atomic E-state index is 12.2. The summed E-state index contributed by atoms with van der Waals surface area (Å²) in [6.07, 6.45) is 4.04. The minimum atomic E-state index is -0.745. The van der Waals surface area contributed by atoms with Crippen LogP contribution in [-0.2, 0) is 4.79 Å². The first kappa shape index (κ1) is 14.4. The predicted molar refractivity (Wildman–Crippen MR) is 80.4 cm³/mol. The van der Waals surface area contributed by atoms with E-state index in [2.05, 4.69) is 15.3 Å². The van der Waals surface area contributed by atoms with E-state index in [9.17, 15) is 9.59 Å². The summed E-state index contributed by atoms with van der Waals surface area (Å²) in [7, 11) is 0. The fourth-order valence-electron chi connectivity index (χ4n) is 2.81. The largest absolute Gasteiger partial charge is 0.481 e. The molecule has 6 nitrogen and oxygen atoms in total. The van der Waals surface area contributed by atoms with Crippen LogP contribution >= 0.6 is 0 Å². The molecule has 0 atom stereocenters. The molecule has 2 N–H and O–H groups in total. The molecule has 1 aliphatic carbocycles. The summed E-state index contributed by atoms with van der Waals surface area (Å²) in [5.41, 5.74) is 1.73. The van der Waals surface area contributed by atoms with Crippen LogP contribution in [-0.4, -0.2) is 33.0 Å². The fourth-order valence-corrected chi connectivity index (χ4v) is 2.81. The number of hydrogen-bond acceptors (Lipinski definition) is 4. The number of rotatable bonds is 3. The van der Waals surface area contributed by atoms with E-state index < -0.39 is 5.97 Å². The number of hydrogen-bond donors (Lipinski definition) is 2. The van der Waals surface area contributed by atoms with Gasteiger partial charge >= 0.3 is 5.97 Å². The molecular formula is C16H17N3O3. The van der Waals surface area contributed by atoms with Gasteiger partial charge in [-0.15, -0.1) is 0 Å². The highest BCUT2D eigenvalue weighted by Crippen LogP contribution is 2.24. The van der Waals surface area contributed by atoms with E-state index in [4.69, 9.17) is 5.11 Å². The average molecular weight is 299 g/mol. The van der Waals surface area contributed by atoms with E-state index >= 15 is 0 Å². The lowest BCUT2D eigenvalue weighted by Gasteiger charge is -2.26. The zero-order valence-corrected chi connectivity index (χ0v) is 12.0. The summed E-state index contributed by atoms with van der Waals surface area (Å²) >= 11 is 0. The number of carboxylic acid groups (broad SMARTS) is 1. The summed E-state index contributed by atoms with van der Waals surface area (Å²) in [6, 6.07) is 7.40. The number of aromatic nitrogens is 2. The summed E-state index contributed by atoms with van der Waals surface area (Å²) in [5, 5.41) is 11.9. The number of carboxylic acids is 1. The van der Waals surface area contributed by atoms with Gasteiger partial charge in [-0.05, 0) is 37.8 Å². The molecule has 22 heavy (non-hydrogen) atoms. The fraction of sp³-hybridized carbons (Fsp3) is 0.375. The zero-order chi connectivity index (χ0) is 15.5. The Morgan fingerprint density at radius 1 is 1.09 bits per heavy atom. The molecular weight excluding hydrogens is 282 g/mol.